The Morgan fingerprint density at radius 1 is 1.62 bits per heavy atom. The van der Waals surface area contributed by atoms with Gasteiger partial charge >= 0.3 is 0 Å². The zero-order valence-corrected chi connectivity index (χ0v) is 12.2. The first-order valence-electron chi connectivity index (χ1n) is 5.23. The van der Waals surface area contributed by atoms with E-state index in [4.69, 9.17) is 16.3 Å². The van der Waals surface area contributed by atoms with Crippen LogP contribution in [-0.2, 0) is 0 Å². The second-order valence-electron chi connectivity index (χ2n) is 3.99. The molecule has 0 radical (unpaired) electrons. The minimum atomic E-state index is 0.447. The molecule has 1 aliphatic heterocycles. The van der Waals surface area contributed by atoms with E-state index in [2.05, 4.69) is 39.5 Å². The van der Waals surface area contributed by atoms with E-state index in [1.54, 1.807) is 7.11 Å². The maximum Gasteiger partial charge on any atom is 0.233 e. The van der Waals surface area contributed by atoms with Gasteiger partial charge in [-0.1, -0.05) is 11.6 Å². The van der Waals surface area contributed by atoms with Crippen molar-refractivity contribution in [1.29, 1.82) is 0 Å². The molecular weight excluding hydrogens is 338 g/mol. The third kappa shape index (κ3) is 2.15. The number of pyridine rings is 1. The van der Waals surface area contributed by atoms with E-state index >= 15 is 0 Å². The molecule has 3 nitrogen and oxygen atoms in total. The normalized spacial score (nSPS) is 21.4. The van der Waals surface area contributed by atoms with Crippen molar-refractivity contribution in [3.8, 4) is 5.88 Å². The van der Waals surface area contributed by atoms with Crippen molar-refractivity contribution in [2.24, 2.45) is 0 Å². The van der Waals surface area contributed by atoms with E-state index in [0.717, 1.165) is 10.1 Å². The minimum Gasteiger partial charge on any atom is -0.480 e. The molecule has 0 N–H and O–H groups in total. The van der Waals surface area contributed by atoms with Crippen LogP contribution in [0.2, 0.25) is 5.02 Å². The summed E-state index contributed by atoms with van der Waals surface area (Å²) >= 11 is 8.49. The van der Waals surface area contributed by atoms with Crippen LogP contribution in [0, 0.1) is 3.57 Å². The predicted octanol–water partition coefficient (Wildman–Crippen LogP) is 3.11. The molecule has 0 aromatic carbocycles. The topological polar surface area (TPSA) is 25.4 Å². The minimum absolute atomic E-state index is 0.447. The van der Waals surface area contributed by atoms with Gasteiger partial charge in [0.05, 0.1) is 7.11 Å². The van der Waals surface area contributed by atoms with Crippen molar-refractivity contribution in [3.05, 3.63) is 20.4 Å². The Labute approximate surface area is 114 Å². The average molecular weight is 353 g/mol. The SMILES string of the molecule is COc1ncc([C@@H]2CCCN2C)c(I)c1Cl. The number of rotatable bonds is 2. The van der Waals surface area contributed by atoms with Gasteiger partial charge in [0.2, 0.25) is 5.88 Å². The molecule has 88 valence electrons. The van der Waals surface area contributed by atoms with Crippen LogP contribution in [0.15, 0.2) is 6.20 Å². The number of hydrogen-bond donors (Lipinski definition) is 0. The Bertz CT molecular complexity index is 400. The molecule has 1 saturated heterocycles. The van der Waals surface area contributed by atoms with Crippen LogP contribution < -0.4 is 4.74 Å². The van der Waals surface area contributed by atoms with Crippen LogP contribution in [0.25, 0.3) is 0 Å². The first-order chi connectivity index (χ1) is 7.65. The van der Waals surface area contributed by atoms with Crippen LogP contribution in [0.1, 0.15) is 24.4 Å². The molecule has 1 fully saturated rings. The lowest BCUT2D eigenvalue weighted by atomic mass is 10.1. The Hall–Kier alpha value is -0.0700. The second kappa shape index (κ2) is 5.06. The van der Waals surface area contributed by atoms with Gasteiger partial charge in [0, 0.05) is 21.4 Å². The van der Waals surface area contributed by atoms with Crippen molar-refractivity contribution in [1.82, 2.24) is 9.88 Å². The van der Waals surface area contributed by atoms with Gasteiger partial charge in [0.25, 0.3) is 0 Å². The van der Waals surface area contributed by atoms with Gasteiger partial charge in [0.15, 0.2) is 0 Å². The van der Waals surface area contributed by atoms with Crippen molar-refractivity contribution in [3.63, 3.8) is 0 Å². The Balaban J connectivity index is 2.38. The number of nitrogens with zero attached hydrogens (tertiary/aromatic N) is 2. The summed E-state index contributed by atoms with van der Waals surface area (Å²) in [6, 6.07) is 0.447. The maximum absolute atomic E-state index is 6.21. The maximum atomic E-state index is 6.21. The third-order valence-electron chi connectivity index (χ3n) is 3.03. The molecule has 1 aliphatic rings. The van der Waals surface area contributed by atoms with E-state index in [1.807, 2.05) is 6.20 Å². The zero-order chi connectivity index (χ0) is 11.7. The summed E-state index contributed by atoms with van der Waals surface area (Å²) in [7, 11) is 3.73. The molecular formula is C11H14ClIN2O. The standard InChI is InChI=1S/C11H14ClIN2O/c1-15-5-3-4-8(15)7-6-14-11(16-2)9(12)10(7)13/h6,8H,3-5H2,1-2H3/t8-/m0/s1. The van der Waals surface area contributed by atoms with Gasteiger partial charge in [-0.3, -0.25) is 4.90 Å². The van der Waals surface area contributed by atoms with E-state index in [0.29, 0.717) is 16.9 Å². The van der Waals surface area contributed by atoms with Crippen LogP contribution in [0.5, 0.6) is 5.88 Å². The fourth-order valence-corrected chi connectivity index (χ4v) is 3.10. The highest BCUT2D eigenvalue weighted by Crippen LogP contribution is 2.37. The summed E-state index contributed by atoms with van der Waals surface area (Å²) in [4.78, 5) is 6.60. The molecule has 1 atom stereocenters. The Morgan fingerprint density at radius 3 is 2.94 bits per heavy atom. The summed E-state index contributed by atoms with van der Waals surface area (Å²) in [6.07, 6.45) is 4.30. The molecule has 2 heterocycles. The number of likely N-dealkylation sites (tertiary alicyclic amines) is 1. The van der Waals surface area contributed by atoms with Crippen molar-refractivity contribution in [2.75, 3.05) is 20.7 Å². The Morgan fingerprint density at radius 2 is 2.38 bits per heavy atom. The summed E-state index contributed by atoms with van der Waals surface area (Å²) in [6.45, 7) is 1.14. The van der Waals surface area contributed by atoms with Crippen LogP contribution >= 0.6 is 34.2 Å². The number of halogens is 2. The third-order valence-corrected chi connectivity index (χ3v) is 4.86. The van der Waals surface area contributed by atoms with Crippen molar-refractivity contribution in [2.45, 2.75) is 18.9 Å². The van der Waals surface area contributed by atoms with Gasteiger partial charge in [-0.25, -0.2) is 4.98 Å². The van der Waals surface area contributed by atoms with E-state index in [9.17, 15) is 0 Å². The van der Waals surface area contributed by atoms with Crippen molar-refractivity contribution < 1.29 is 4.74 Å². The van der Waals surface area contributed by atoms with E-state index in [-0.39, 0.29) is 0 Å². The zero-order valence-electron chi connectivity index (χ0n) is 9.33. The summed E-state index contributed by atoms with van der Waals surface area (Å²) < 4.78 is 6.17. The van der Waals surface area contributed by atoms with Gasteiger partial charge in [0.1, 0.15) is 5.02 Å². The first-order valence-corrected chi connectivity index (χ1v) is 6.69. The van der Waals surface area contributed by atoms with E-state index in [1.165, 1.54) is 18.4 Å². The summed E-state index contributed by atoms with van der Waals surface area (Å²) in [5, 5.41) is 0.626. The highest BCUT2D eigenvalue weighted by molar-refractivity contribution is 14.1. The molecule has 0 unspecified atom stereocenters. The average Bonchev–Trinajstić information content (AvgIpc) is 2.69. The molecule has 5 heteroatoms. The highest BCUT2D eigenvalue weighted by Gasteiger charge is 2.26. The van der Waals surface area contributed by atoms with Crippen LogP contribution in [0.4, 0.5) is 0 Å². The molecule has 2 rings (SSSR count). The molecule has 0 bridgehead atoms. The smallest absolute Gasteiger partial charge is 0.233 e. The molecule has 0 spiro atoms. The number of hydrogen-bond acceptors (Lipinski definition) is 3. The summed E-state index contributed by atoms with van der Waals surface area (Å²) in [5.41, 5.74) is 1.21. The first kappa shape index (κ1) is 12.4. The van der Waals surface area contributed by atoms with Gasteiger partial charge < -0.3 is 4.74 Å². The number of methoxy groups -OCH3 is 1. The lowest BCUT2D eigenvalue weighted by Gasteiger charge is -2.21. The molecule has 0 aliphatic carbocycles. The fourth-order valence-electron chi connectivity index (χ4n) is 2.14. The number of ether oxygens (including phenoxy) is 1. The lowest BCUT2D eigenvalue weighted by molar-refractivity contribution is 0.315. The highest BCUT2D eigenvalue weighted by atomic mass is 127. The predicted molar refractivity (Wildman–Crippen MR) is 73.1 cm³/mol. The Kier molecular flexibility index (Phi) is 3.92. The van der Waals surface area contributed by atoms with E-state index < -0.39 is 0 Å². The molecule has 0 saturated carbocycles. The quantitative estimate of drug-likeness (QED) is 0.765. The van der Waals surface area contributed by atoms with Gasteiger partial charge in [-0.05, 0) is 49.0 Å². The fraction of sp³-hybridized carbons (Fsp3) is 0.545. The molecule has 0 amide bonds. The van der Waals surface area contributed by atoms with Gasteiger partial charge in [-0.2, -0.15) is 0 Å². The van der Waals surface area contributed by atoms with Crippen molar-refractivity contribution >= 4 is 34.2 Å². The monoisotopic (exact) mass is 352 g/mol. The number of aromatic nitrogens is 1. The largest absolute Gasteiger partial charge is 0.480 e. The molecule has 1 aromatic heterocycles. The lowest BCUT2D eigenvalue weighted by Crippen LogP contribution is -2.18. The van der Waals surface area contributed by atoms with Gasteiger partial charge in [-0.15, -0.1) is 0 Å². The second-order valence-corrected chi connectivity index (χ2v) is 5.45. The molecule has 16 heavy (non-hydrogen) atoms. The van der Waals surface area contributed by atoms with Crippen LogP contribution in [-0.4, -0.2) is 30.6 Å². The summed E-state index contributed by atoms with van der Waals surface area (Å²) in [5.74, 6) is 0.510. The molecule has 1 aromatic rings. The van der Waals surface area contributed by atoms with Crippen LogP contribution in [0.3, 0.4) is 0 Å².